The third-order valence-electron chi connectivity index (χ3n) is 3.93. The van der Waals surface area contributed by atoms with Crippen molar-refractivity contribution in [3.8, 4) is 5.75 Å². The average molecular weight is 321 g/mol. The first-order valence-electron chi connectivity index (χ1n) is 7.66. The summed E-state index contributed by atoms with van der Waals surface area (Å²) >= 11 is 0. The van der Waals surface area contributed by atoms with Gasteiger partial charge in [0.1, 0.15) is 5.75 Å². The van der Waals surface area contributed by atoms with Gasteiger partial charge in [-0.3, -0.25) is 4.79 Å². The maximum atomic E-state index is 12.7. The summed E-state index contributed by atoms with van der Waals surface area (Å²) in [5, 5.41) is 9.31. The number of nitrogens with zero attached hydrogens (tertiary/aromatic N) is 1. The van der Waals surface area contributed by atoms with Crippen molar-refractivity contribution >= 4 is 17.6 Å². The van der Waals surface area contributed by atoms with Gasteiger partial charge in [0.2, 0.25) is 0 Å². The predicted octanol–water partition coefficient (Wildman–Crippen LogP) is 2.62. The molecule has 1 amide bonds. The highest BCUT2D eigenvalue weighted by Gasteiger charge is 2.41. The van der Waals surface area contributed by atoms with Crippen LogP contribution in [-0.4, -0.2) is 42.8 Å². The number of benzene rings is 1. The number of methoxy groups -OCH3 is 1. The Bertz CT molecular complexity index is 624. The van der Waals surface area contributed by atoms with Crippen molar-refractivity contribution < 1.29 is 24.2 Å². The molecule has 23 heavy (non-hydrogen) atoms. The van der Waals surface area contributed by atoms with Crippen LogP contribution in [0.2, 0.25) is 0 Å². The number of amides is 1. The van der Waals surface area contributed by atoms with Gasteiger partial charge in [-0.25, -0.2) is 4.79 Å². The number of carbonyl (C=O) groups is 2. The lowest BCUT2D eigenvalue weighted by Gasteiger charge is -2.39. The zero-order valence-electron chi connectivity index (χ0n) is 14.0. The Morgan fingerprint density at radius 3 is 2.65 bits per heavy atom. The molecule has 1 N–H and O–H groups in total. The van der Waals surface area contributed by atoms with Crippen LogP contribution in [0, 0.1) is 6.92 Å². The highest BCUT2D eigenvalue weighted by molar-refractivity contribution is 6.03. The Hall–Kier alpha value is -2.08. The molecule has 1 heterocycles. The Balaban J connectivity index is 2.39. The lowest BCUT2D eigenvalue weighted by molar-refractivity contribution is -0.132. The molecule has 1 aliphatic heterocycles. The van der Waals surface area contributed by atoms with E-state index in [0.717, 1.165) is 12.8 Å². The van der Waals surface area contributed by atoms with Gasteiger partial charge in [0.15, 0.2) is 5.60 Å². The molecule has 0 saturated carbocycles. The molecule has 0 atom stereocenters. The molecule has 1 aromatic rings. The van der Waals surface area contributed by atoms with E-state index in [0.29, 0.717) is 30.2 Å². The Morgan fingerprint density at radius 2 is 2.04 bits per heavy atom. The number of carbonyl (C=O) groups excluding carboxylic acids is 1. The number of aryl methyl sites for hydroxylation is 1. The van der Waals surface area contributed by atoms with E-state index in [2.05, 4.69) is 0 Å². The van der Waals surface area contributed by atoms with E-state index in [1.807, 2.05) is 0 Å². The van der Waals surface area contributed by atoms with Gasteiger partial charge in [0.25, 0.3) is 5.91 Å². The van der Waals surface area contributed by atoms with Gasteiger partial charge < -0.3 is 19.5 Å². The number of anilines is 1. The summed E-state index contributed by atoms with van der Waals surface area (Å²) < 4.78 is 10.8. The number of aromatic carboxylic acids is 1. The molecular formula is C17H23NO5. The number of ether oxygens (including phenoxy) is 2. The summed E-state index contributed by atoms with van der Waals surface area (Å²) in [4.78, 5) is 25.6. The van der Waals surface area contributed by atoms with Gasteiger partial charge in [0.05, 0.1) is 11.3 Å². The number of hydrogen-bond donors (Lipinski definition) is 1. The molecule has 126 valence electrons. The molecule has 6 nitrogen and oxygen atoms in total. The summed E-state index contributed by atoms with van der Waals surface area (Å²) in [6.07, 6.45) is 1.60. The molecule has 0 spiro atoms. The molecule has 0 fully saturated rings. The number of rotatable bonds is 6. The quantitative estimate of drug-likeness (QED) is 0.815. The summed E-state index contributed by atoms with van der Waals surface area (Å²) in [6, 6.07) is 3.21. The fraction of sp³-hybridized carbons (Fsp3) is 0.529. The zero-order valence-corrected chi connectivity index (χ0v) is 14.0. The van der Waals surface area contributed by atoms with Gasteiger partial charge in [-0.2, -0.15) is 0 Å². The lowest BCUT2D eigenvalue weighted by Crippen LogP contribution is -2.52. The summed E-state index contributed by atoms with van der Waals surface area (Å²) in [7, 11) is 1.64. The van der Waals surface area contributed by atoms with Gasteiger partial charge in [-0.1, -0.05) is 0 Å². The number of fused-ring (bicyclic) bond motifs is 1. The molecule has 0 unspecified atom stereocenters. The largest absolute Gasteiger partial charge is 0.478 e. The van der Waals surface area contributed by atoms with Crippen LogP contribution in [0.4, 0.5) is 5.69 Å². The Morgan fingerprint density at radius 1 is 1.35 bits per heavy atom. The average Bonchev–Trinajstić information content (AvgIpc) is 2.46. The van der Waals surface area contributed by atoms with Crippen LogP contribution in [0.15, 0.2) is 12.1 Å². The van der Waals surface area contributed by atoms with Crippen LogP contribution in [0.3, 0.4) is 0 Å². The zero-order chi connectivity index (χ0) is 17.2. The molecule has 1 aromatic carbocycles. The van der Waals surface area contributed by atoms with Crippen molar-refractivity contribution in [2.75, 3.05) is 25.2 Å². The van der Waals surface area contributed by atoms with Crippen molar-refractivity contribution in [3.05, 3.63) is 23.3 Å². The molecule has 0 saturated heterocycles. The van der Waals surface area contributed by atoms with Gasteiger partial charge in [0, 0.05) is 20.3 Å². The minimum atomic E-state index is -1.01. The fourth-order valence-corrected chi connectivity index (χ4v) is 2.68. The molecular weight excluding hydrogens is 298 g/mol. The monoisotopic (exact) mass is 321 g/mol. The fourth-order valence-electron chi connectivity index (χ4n) is 2.68. The minimum absolute atomic E-state index is 0.164. The minimum Gasteiger partial charge on any atom is -0.478 e. The molecule has 0 aliphatic carbocycles. The Kier molecular flexibility index (Phi) is 4.94. The van der Waals surface area contributed by atoms with Gasteiger partial charge in [-0.15, -0.1) is 0 Å². The van der Waals surface area contributed by atoms with Crippen molar-refractivity contribution in [2.45, 2.75) is 39.2 Å². The lowest BCUT2D eigenvalue weighted by atomic mass is 10.00. The van der Waals surface area contributed by atoms with E-state index in [4.69, 9.17) is 9.47 Å². The summed E-state index contributed by atoms with van der Waals surface area (Å²) in [5.41, 5.74) is 0.350. The van der Waals surface area contributed by atoms with Crippen molar-refractivity contribution in [1.82, 2.24) is 0 Å². The van der Waals surface area contributed by atoms with Crippen molar-refractivity contribution in [1.29, 1.82) is 0 Å². The maximum Gasteiger partial charge on any atom is 0.336 e. The third kappa shape index (κ3) is 3.47. The molecule has 1 aliphatic rings. The third-order valence-corrected chi connectivity index (χ3v) is 3.93. The number of hydrogen-bond acceptors (Lipinski definition) is 4. The second kappa shape index (κ2) is 6.58. The molecule has 0 bridgehead atoms. The summed E-state index contributed by atoms with van der Waals surface area (Å²) in [5.74, 6) is -0.631. The summed E-state index contributed by atoms with van der Waals surface area (Å²) in [6.45, 7) is 6.30. The van der Waals surface area contributed by atoms with Crippen LogP contribution >= 0.6 is 0 Å². The smallest absolute Gasteiger partial charge is 0.336 e. The van der Waals surface area contributed by atoms with Crippen molar-refractivity contribution in [3.63, 3.8) is 0 Å². The molecule has 0 radical (unpaired) electrons. The topological polar surface area (TPSA) is 76.1 Å². The first kappa shape index (κ1) is 17.3. The first-order chi connectivity index (χ1) is 10.8. The highest BCUT2D eigenvalue weighted by Crippen LogP contribution is 2.39. The van der Waals surface area contributed by atoms with E-state index >= 15 is 0 Å². The second-order valence-electron chi connectivity index (χ2n) is 6.21. The van der Waals surface area contributed by atoms with Crippen LogP contribution in [0.5, 0.6) is 5.75 Å². The maximum absolute atomic E-state index is 12.7. The number of carboxylic acids is 1. The van der Waals surface area contributed by atoms with E-state index < -0.39 is 11.6 Å². The predicted molar refractivity (Wildman–Crippen MR) is 86.3 cm³/mol. The highest BCUT2D eigenvalue weighted by atomic mass is 16.5. The Labute approximate surface area is 136 Å². The van der Waals surface area contributed by atoms with E-state index in [1.165, 1.54) is 6.07 Å². The number of carboxylic acid groups (broad SMARTS) is 1. The van der Waals surface area contributed by atoms with E-state index in [9.17, 15) is 14.7 Å². The van der Waals surface area contributed by atoms with Gasteiger partial charge >= 0.3 is 5.97 Å². The SMILES string of the molecule is COCCCCN1C(=O)C(C)(C)Oc2cc(C)c(C(=O)O)cc21. The molecule has 6 heteroatoms. The van der Waals surface area contributed by atoms with Crippen LogP contribution in [-0.2, 0) is 9.53 Å². The van der Waals surface area contributed by atoms with Crippen LogP contribution < -0.4 is 9.64 Å². The van der Waals surface area contributed by atoms with Crippen LogP contribution in [0.25, 0.3) is 0 Å². The second-order valence-corrected chi connectivity index (χ2v) is 6.21. The van der Waals surface area contributed by atoms with E-state index in [1.54, 1.807) is 38.8 Å². The standard InChI is InChI=1S/C17H23NO5/c1-11-9-14-13(10-12(11)15(19)20)18(7-5-6-8-22-4)16(21)17(2,3)23-14/h9-10H,5-8H2,1-4H3,(H,19,20). The first-order valence-corrected chi connectivity index (χ1v) is 7.66. The van der Waals surface area contributed by atoms with E-state index in [-0.39, 0.29) is 11.5 Å². The molecule has 0 aromatic heterocycles. The number of unbranched alkanes of at least 4 members (excludes halogenated alkanes) is 1. The molecule has 2 rings (SSSR count). The van der Waals surface area contributed by atoms with Gasteiger partial charge in [-0.05, 0) is 51.3 Å². The normalized spacial score (nSPS) is 16.0. The van der Waals surface area contributed by atoms with Crippen LogP contribution in [0.1, 0.15) is 42.6 Å². The van der Waals surface area contributed by atoms with Crippen molar-refractivity contribution in [2.24, 2.45) is 0 Å².